The van der Waals surface area contributed by atoms with E-state index >= 15 is 0 Å². The van der Waals surface area contributed by atoms with E-state index < -0.39 is 0 Å². The standard InChI is InChI=1S/C29H42N4O4/c1-2-21-11-10-14-23(19-21)31-27(35)20-33-25-16-7-6-15-24(25)28(36)32(29(33)37)18-9-8-17-26(34)30-22-12-4-3-5-13-22/h10-11,14,19,22,24-25H,2-9,12-13,15-18,20H2,1H3,(H,30,34)(H,31,35). The highest BCUT2D eigenvalue weighted by atomic mass is 16.2. The van der Waals surface area contributed by atoms with Crippen LogP contribution in [0.4, 0.5) is 10.5 Å². The molecule has 3 fully saturated rings. The van der Waals surface area contributed by atoms with Gasteiger partial charge in [0.15, 0.2) is 0 Å². The van der Waals surface area contributed by atoms with Gasteiger partial charge in [0.05, 0.1) is 5.92 Å². The Kier molecular flexibility index (Phi) is 9.58. The Morgan fingerprint density at radius 2 is 1.70 bits per heavy atom. The van der Waals surface area contributed by atoms with E-state index in [1.165, 1.54) is 24.2 Å². The molecular weight excluding hydrogens is 468 g/mol. The van der Waals surface area contributed by atoms with Gasteiger partial charge in [-0.05, 0) is 62.6 Å². The summed E-state index contributed by atoms with van der Waals surface area (Å²) in [4.78, 5) is 54.9. The van der Waals surface area contributed by atoms with Gasteiger partial charge in [-0.1, -0.05) is 51.2 Å². The number of anilines is 1. The maximum absolute atomic E-state index is 13.4. The molecule has 8 heteroatoms. The van der Waals surface area contributed by atoms with Crippen molar-refractivity contribution in [2.24, 2.45) is 5.92 Å². The van der Waals surface area contributed by atoms with Crippen LogP contribution >= 0.6 is 0 Å². The van der Waals surface area contributed by atoms with Crippen LogP contribution in [0.3, 0.4) is 0 Å². The van der Waals surface area contributed by atoms with E-state index in [0.717, 1.165) is 50.5 Å². The van der Waals surface area contributed by atoms with E-state index in [9.17, 15) is 19.2 Å². The van der Waals surface area contributed by atoms with Crippen molar-refractivity contribution < 1.29 is 19.2 Å². The minimum Gasteiger partial charge on any atom is -0.353 e. The van der Waals surface area contributed by atoms with Crippen LogP contribution in [0, 0.1) is 5.92 Å². The van der Waals surface area contributed by atoms with Gasteiger partial charge in [-0.25, -0.2) is 4.79 Å². The quantitative estimate of drug-likeness (QED) is 0.448. The van der Waals surface area contributed by atoms with Gasteiger partial charge in [-0.3, -0.25) is 19.3 Å². The number of urea groups is 1. The van der Waals surface area contributed by atoms with Crippen LogP contribution in [0.1, 0.15) is 89.5 Å². The van der Waals surface area contributed by atoms with Gasteiger partial charge >= 0.3 is 6.03 Å². The number of imide groups is 1. The number of amides is 5. The zero-order chi connectivity index (χ0) is 26.2. The molecule has 0 radical (unpaired) electrons. The Labute approximate surface area is 220 Å². The topological polar surface area (TPSA) is 98.8 Å². The molecular formula is C29H42N4O4. The second kappa shape index (κ2) is 13.1. The molecule has 5 amide bonds. The number of hydrogen-bond acceptors (Lipinski definition) is 4. The normalized spacial score (nSPS) is 22.5. The van der Waals surface area contributed by atoms with Crippen LogP contribution < -0.4 is 10.6 Å². The fourth-order valence-electron chi connectivity index (χ4n) is 6.08. The van der Waals surface area contributed by atoms with Crippen molar-refractivity contribution in [3.05, 3.63) is 29.8 Å². The summed E-state index contributed by atoms with van der Waals surface area (Å²) >= 11 is 0. The van der Waals surface area contributed by atoms with Gasteiger partial charge in [0.2, 0.25) is 17.7 Å². The third-order valence-corrected chi connectivity index (χ3v) is 8.13. The molecule has 0 bridgehead atoms. The second-order valence-electron chi connectivity index (χ2n) is 10.8. The summed E-state index contributed by atoms with van der Waals surface area (Å²) in [6.07, 6.45) is 11.6. The molecule has 0 aromatic heterocycles. The number of benzene rings is 1. The van der Waals surface area contributed by atoms with E-state index in [0.29, 0.717) is 31.0 Å². The number of carbonyl (C=O) groups excluding carboxylic acids is 4. The molecule has 1 heterocycles. The highest BCUT2D eigenvalue weighted by Gasteiger charge is 2.47. The lowest BCUT2D eigenvalue weighted by Gasteiger charge is -2.46. The first-order valence-electron chi connectivity index (χ1n) is 14.3. The largest absolute Gasteiger partial charge is 0.353 e. The molecule has 37 heavy (non-hydrogen) atoms. The van der Waals surface area contributed by atoms with Gasteiger partial charge in [0.25, 0.3) is 0 Å². The minimum absolute atomic E-state index is 0.0565. The van der Waals surface area contributed by atoms with Gasteiger partial charge in [-0.2, -0.15) is 0 Å². The molecule has 2 atom stereocenters. The monoisotopic (exact) mass is 510 g/mol. The molecule has 3 aliphatic rings. The highest BCUT2D eigenvalue weighted by molar-refractivity contribution is 6.01. The van der Waals surface area contributed by atoms with Crippen molar-refractivity contribution in [2.45, 2.75) is 102 Å². The van der Waals surface area contributed by atoms with Crippen LogP contribution in [-0.4, -0.2) is 58.7 Å². The summed E-state index contributed by atoms with van der Waals surface area (Å²) in [7, 11) is 0. The Morgan fingerprint density at radius 1 is 0.946 bits per heavy atom. The third kappa shape index (κ3) is 7.11. The molecule has 2 unspecified atom stereocenters. The number of fused-ring (bicyclic) bond motifs is 1. The van der Waals surface area contributed by atoms with Crippen molar-refractivity contribution in [3.8, 4) is 0 Å². The highest BCUT2D eigenvalue weighted by Crippen LogP contribution is 2.34. The lowest BCUT2D eigenvalue weighted by atomic mass is 9.81. The fraction of sp³-hybridized carbons (Fsp3) is 0.655. The molecule has 1 saturated heterocycles. The molecule has 2 saturated carbocycles. The van der Waals surface area contributed by atoms with Crippen molar-refractivity contribution >= 4 is 29.4 Å². The van der Waals surface area contributed by atoms with Gasteiger partial charge < -0.3 is 15.5 Å². The van der Waals surface area contributed by atoms with Crippen molar-refractivity contribution in [2.75, 3.05) is 18.4 Å². The van der Waals surface area contributed by atoms with Crippen LogP contribution in [0.15, 0.2) is 24.3 Å². The van der Waals surface area contributed by atoms with Crippen LogP contribution in [0.5, 0.6) is 0 Å². The van der Waals surface area contributed by atoms with Crippen LogP contribution in [0.2, 0.25) is 0 Å². The van der Waals surface area contributed by atoms with Gasteiger partial charge in [0.1, 0.15) is 6.54 Å². The molecule has 1 aromatic carbocycles. The molecule has 8 nitrogen and oxygen atoms in total. The first kappa shape index (κ1) is 27.1. The van der Waals surface area contributed by atoms with Gasteiger partial charge in [0, 0.05) is 30.7 Å². The summed E-state index contributed by atoms with van der Waals surface area (Å²) in [6, 6.07) is 7.40. The predicted octanol–water partition coefficient (Wildman–Crippen LogP) is 4.63. The van der Waals surface area contributed by atoms with E-state index in [-0.39, 0.29) is 48.8 Å². The summed E-state index contributed by atoms with van der Waals surface area (Å²) in [6.45, 7) is 2.28. The third-order valence-electron chi connectivity index (χ3n) is 8.13. The molecule has 1 aromatic rings. The molecule has 4 rings (SSSR count). The number of rotatable bonds is 10. The first-order valence-corrected chi connectivity index (χ1v) is 14.3. The summed E-state index contributed by atoms with van der Waals surface area (Å²) < 4.78 is 0. The zero-order valence-corrected chi connectivity index (χ0v) is 22.2. The molecule has 0 spiro atoms. The lowest BCUT2D eigenvalue weighted by Crippen LogP contribution is -2.63. The van der Waals surface area contributed by atoms with Crippen molar-refractivity contribution in [1.29, 1.82) is 0 Å². The fourth-order valence-corrected chi connectivity index (χ4v) is 6.08. The SMILES string of the molecule is CCc1cccc(NC(=O)CN2C(=O)N(CCCCC(=O)NC3CCCCC3)C(=O)C3CCCCC32)c1. The lowest BCUT2D eigenvalue weighted by molar-refractivity contribution is -0.141. The molecule has 202 valence electrons. The second-order valence-corrected chi connectivity index (χ2v) is 10.8. The van der Waals surface area contributed by atoms with Gasteiger partial charge in [-0.15, -0.1) is 0 Å². The smallest absolute Gasteiger partial charge is 0.327 e. The number of carbonyl (C=O) groups is 4. The maximum atomic E-state index is 13.4. The molecule has 2 aliphatic carbocycles. The summed E-state index contributed by atoms with van der Waals surface area (Å²) in [5.74, 6) is -0.563. The number of unbranched alkanes of at least 4 members (excludes halogenated alkanes) is 1. The average Bonchev–Trinajstić information content (AvgIpc) is 2.91. The minimum atomic E-state index is -0.378. The zero-order valence-electron chi connectivity index (χ0n) is 22.2. The predicted molar refractivity (Wildman–Crippen MR) is 143 cm³/mol. The summed E-state index contributed by atoms with van der Waals surface area (Å²) in [5.41, 5.74) is 1.84. The first-order chi connectivity index (χ1) is 18.0. The van der Waals surface area contributed by atoms with E-state index in [4.69, 9.17) is 0 Å². The van der Waals surface area contributed by atoms with Crippen molar-refractivity contribution in [1.82, 2.24) is 15.1 Å². The Bertz CT molecular complexity index is 974. The average molecular weight is 511 g/mol. The Morgan fingerprint density at radius 3 is 2.49 bits per heavy atom. The van der Waals surface area contributed by atoms with Crippen LogP contribution in [-0.2, 0) is 20.8 Å². The van der Waals surface area contributed by atoms with Crippen molar-refractivity contribution in [3.63, 3.8) is 0 Å². The number of aryl methyl sites for hydroxylation is 1. The van der Waals surface area contributed by atoms with Crippen LogP contribution in [0.25, 0.3) is 0 Å². The van der Waals surface area contributed by atoms with E-state index in [1.807, 2.05) is 24.3 Å². The summed E-state index contributed by atoms with van der Waals surface area (Å²) in [5, 5.41) is 6.05. The number of nitrogens with one attached hydrogen (secondary N) is 2. The van der Waals surface area contributed by atoms with E-state index in [1.54, 1.807) is 4.90 Å². The Balaban J connectivity index is 1.32. The molecule has 2 N–H and O–H groups in total. The maximum Gasteiger partial charge on any atom is 0.327 e. The number of hydrogen-bond donors (Lipinski definition) is 2. The number of nitrogens with zero attached hydrogens (tertiary/aromatic N) is 2. The Hall–Kier alpha value is -2.90. The van der Waals surface area contributed by atoms with E-state index in [2.05, 4.69) is 17.6 Å². The molecule has 1 aliphatic heterocycles.